The molecule has 1 fully saturated rings. The molecule has 1 nitrogen and oxygen atoms in total. The highest BCUT2D eigenvalue weighted by atomic mass is 32.2. The molecule has 3 heteroatoms. The van der Waals surface area contributed by atoms with Gasteiger partial charge in [-0.3, -0.25) is 0 Å². The summed E-state index contributed by atoms with van der Waals surface area (Å²) in [4.78, 5) is 1.36. The summed E-state index contributed by atoms with van der Waals surface area (Å²) in [5, 5.41) is 0. The van der Waals surface area contributed by atoms with E-state index in [1.165, 1.54) is 4.90 Å². The van der Waals surface area contributed by atoms with Crippen molar-refractivity contribution in [2.45, 2.75) is 17.7 Å². The van der Waals surface area contributed by atoms with Crippen molar-refractivity contribution >= 4 is 24.4 Å². The molecule has 0 radical (unpaired) electrons. The summed E-state index contributed by atoms with van der Waals surface area (Å²) >= 11 is 6.47. The predicted octanol–water partition coefficient (Wildman–Crippen LogP) is 3.51. The van der Waals surface area contributed by atoms with Gasteiger partial charge in [-0.25, -0.2) is 0 Å². The highest BCUT2D eigenvalue weighted by Gasteiger charge is 2.31. The van der Waals surface area contributed by atoms with E-state index in [2.05, 4.69) is 43.0 Å². The van der Waals surface area contributed by atoms with Gasteiger partial charge >= 0.3 is 0 Å². The van der Waals surface area contributed by atoms with E-state index in [9.17, 15) is 0 Å². The van der Waals surface area contributed by atoms with Gasteiger partial charge in [-0.2, -0.15) is 12.6 Å². The van der Waals surface area contributed by atoms with Crippen LogP contribution >= 0.6 is 24.4 Å². The molecule has 0 N–H and O–H groups in total. The molecule has 1 saturated heterocycles. The molecule has 1 aliphatic heterocycles. The molecule has 0 unspecified atom stereocenters. The van der Waals surface area contributed by atoms with Crippen molar-refractivity contribution in [3.63, 3.8) is 0 Å². The SMILES string of the molecule is SCC1(CSc2ccccc2)CCOCC1. The average Bonchev–Trinajstić information content (AvgIpc) is 2.39. The Morgan fingerprint density at radius 1 is 1.19 bits per heavy atom. The molecule has 0 bridgehead atoms. The maximum atomic E-state index is 5.44. The van der Waals surface area contributed by atoms with E-state index in [0.717, 1.165) is 37.6 Å². The van der Waals surface area contributed by atoms with Crippen LogP contribution in [0.5, 0.6) is 0 Å². The third-order valence-corrected chi connectivity index (χ3v) is 5.21. The highest BCUT2D eigenvalue weighted by molar-refractivity contribution is 7.99. The van der Waals surface area contributed by atoms with Crippen molar-refractivity contribution in [3.05, 3.63) is 30.3 Å². The number of thiol groups is 1. The van der Waals surface area contributed by atoms with Crippen molar-refractivity contribution in [3.8, 4) is 0 Å². The molecule has 1 aromatic carbocycles. The van der Waals surface area contributed by atoms with Gasteiger partial charge in [0.1, 0.15) is 0 Å². The van der Waals surface area contributed by atoms with Crippen LogP contribution in [0.1, 0.15) is 12.8 Å². The summed E-state index contributed by atoms with van der Waals surface area (Å²) in [6.45, 7) is 1.80. The van der Waals surface area contributed by atoms with E-state index in [1.54, 1.807) is 0 Å². The molecule has 1 aromatic rings. The lowest BCUT2D eigenvalue weighted by Gasteiger charge is -2.35. The zero-order valence-corrected chi connectivity index (χ0v) is 11.1. The molecule has 0 aliphatic carbocycles. The maximum absolute atomic E-state index is 5.44. The van der Waals surface area contributed by atoms with E-state index in [-0.39, 0.29) is 0 Å². The second-order valence-corrected chi connectivity index (χ2v) is 5.74. The smallest absolute Gasteiger partial charge is 0.0471 e. The first kappa shape index (κ1) is 12.3. The topological polar surface area (TPSA) is 9.23 Å². The number of ether oxygens (including phenoxy) is 1. The summed E-state index contributed by atoms with van der Waals surface area (Å²) in [5.74, 6) is 2.13. The second kappa shape index (κ2) is 5.99. The first-order valence-electron chi connectivity index (χ1n) is 5.71. The number of rotatable bonds is 4. The van der Waals surface area contributed by atoms with Crippen LogP contribution in [0.3, 0.4) is 0 Å². The van der Waals surface area contributed by atoms with Crippen molar-refractivity contribution in [2.24, 2.45) is 5.41 Å². The molecule has 1 heterocycles. The van der Waals surface area contributed by atoms with Gasteiger partial charge < -0.3 is 4.74 Å². The largest absolute Gasteiger partial charge is 0.381 e. The summed E-state index contributed by atoms with van der Waals surface area (Å²) in [6.07, 6.45) is 2.30. The van der Waals surface area contributed by atoms with E-state index in [4.69, 9.17) is 4.74 Å². The van der Waals surface area contributed by atoms with Crippen LogP contribution in [0.15, 0.2) is 35.2 Å². The molecule has 1 aliphatic rings. The van der Waals surface area contributed by atoms with E-state index < -0.39 is 0 Å². The lowest BCUT2D eigenvalue weighted by molar-refractivity contribution is 0.0371. The van der Waals surface area contributed by atoms with Crippen LogP contribution in [0, 0.1) is 5.41 Å². The Bertz CT molecular complexity index is 307. The van der Waals surface area contributed by atoms with Gasteiger partial charge in [0.15, 0.2) is 0 Å². The van der Waals surface area contributed by atoms with Gasteiger partial charge in [-0.1, -0.05) is 18.2 Å². The molecule has 2 rings (SSSR count). The van der Waals surface area contributed by atoms with Crippen molar-refractivity contribution in [1.82, 2.24) is 0 Å². The third kappa shape index (κ3) is 3.19. The zero-order chi connectivity index (χ0) is 11.3. The third-order valence-electron chi connectivity index (χ3n) is 3.18. The Morgan fingerprint density at radius 3 is 2.50 bits per heavy atom. The quantitative estimate of drug-likeness (QED) is 0.650. The van der Waals surface area contributed by atoms with Crippen LogP contribution in [0.25, 0.3) is 0 Å². The summed E-state index contributed by atoms with van der Waals surface area (Å²) in [5.41, 5.74) is 0.377. The van der Waals surface area contributed by atoms with E-state index in [1.807, 2.05) is 11.8 Å². The standard InChI is InChI=1S/C13H18OS2/c15-10-13(6-8-14-9-7-13)11-16-12-4-2-1-3-5-12/h1-5,15H,6-11H2. The second-order valence-electron chi connectivity index (χ2n) is 4.37. The minimum Gasteiger partial charge on any atom is -0.381 e. The van der Waals surface area contributed by atoms with Crippen LogP contribution in [0.2, 0.25) is 0 Å². The van der Waals surface area contributed by atoms with Crippen molar-refractivity contribution in [1.29, 1.82) is 0 Å². The molecular formula is C13H18OS2. The van der Waals surface area contributed by atoms with Crippen molar-refractivity contribution in [2.75, 3.05) is 24.7 Å². The molecule has 16 heavy (non-hydrogen) atoms. The van der Waals surface area contributed by atoms with Gasteiger partial charge in [0.2, 0.25) is 0 Å². The van der Waals surface area contributed by atoms with Crippen LogP contribution in [0.4, 0.5) is 0 Å². The van der Waals surface area contributed by atoms with Crippen LogP contribution in [-0.2, 0) is 4.74 Å². The fraction of sp³-hybridized carbons (Fsp3) is 0.538. The van der Waals surface area contributed by atoms with Crippen molar-refractivity contribution < 1.29 is 4.74 Å². The molecule has 0 aromatic heterocycles. The molecule has 0 atom stereocenters. The number of thioether (sulfide) groups is 1. The van der Waals surface area contributed by atoms with Gasteiger partial charge in [-0.05, 0) is 36.1 Å². The summed E-state index contributed by atoms with van der Waals surface area (Å²) < 4.78 is 5.44. The lowest BCUT2D eigenvalue weighted by atomic mass is 9.84. The van der Waals surface area contributed by atoms with Gasteiger partial charge in [-0.15, -0.1) is 11.8 Å². The number of benzene rings is 1. The van der Waals surface area contributed by atoms with Gasteiger partial charge in [0.25, 0.3) is 0 Å². The maximum Gasteiger partial charge on any atom is 0.0471 e. The summed E-state index contributed by atoms with van der Waals surface area (Å²) in [6, 6.07) is 10.6. The normalized spacial score (nSPS) is 19.6. The Labute approximate surface area is 107 Å². The fourth-order valence-electron chi connectivity index (χ4n) is 1.91. The fourth-order valence-corrected chi connectivity index (χ4v) is 3.70. The monoisotopic (exact) mass is 254 g/mol. The van der Waals surface area contributed by atoms with E-state index in [0.29, 0.717) is 5.41 Å². The van der Waals surface area contributed by atoms with Crippen LogP contribution in [-0.4, -0.2) is 24.7 Å². The average molecular weight is 254 g/mol. The molecule has 0 amide bonds. The highest BCUT2D eigenvalue weighted by Crippen LogP contribution is 2.37. The van der Waals surface area contributed by atoms with Gasteiger partial charge in [0.05, 0.1) is 0 Å². The molecule has 0 saturated carbocycles. The minimum atomic E-state index is 0.377. The number of hydrogen-bond donors (Lipinski definition) is 1. The molecular weight excluding hydrogens is 236 g/mol. The summed E-state index contributed by atoms with van der Waals surface area (Å²) in [7, 11) is 0. The van der Waals surface area contributed by atoms with Crippen LogP contribution < -0.4 is 0 Å². The lowest BCUT2D eigenvalue weighted by Crippen LogP contribution is -2.33. The Kier molecular flexibility index (Phi) is 4.62. The molecule has 0 spiro atoms. The van der Waals surface area contributed by atoms with Gasteiger partial charge in [0, 0.05) is 23.9 Å². The predicted molar refractivity (Wildman–Crippen MR) is 73.5 cm³/mol. The van der Waals surface area contributed by atoms with E-state index >= 15 is 0 Å². The first-order valence-corrected chi connectivity index (χ1v) is 7.33. The Hall–Kier alpha value is -0.120. The Balaban J connectivity index is 1.92. The number of hydrogen-bond acceptors (Lipinski definition) is 3. The zero-order valence-electron chi connectivity index (χ0n) is 9.39. The molecule has 88 valence electrons. The first-order chi connectivity index (χ1) is 7.85. The minimum absolute atomic E-state index is 0.377. The Morgan fingerprint density at radius 2 is 1.88 bits per heavy atom.